The van der Waals surface area contributed by atoms with Gasteiger partial charge in [-0.25, -0.2) is 15.0 Å². The summed E-state index contributed by atoms with van der Waals surface area (Å²) in [5.74, 6) is 0.676. The average molecular weight is 329 g/mol. The summed E-state index contributed by atoms with van der Waals surface area (Å²) >= 11 is 0. The summed E-state index contributed by atoms with van der Waals surface area (Å²) in [4.78, 5) is 13.4. The van der Waals surface area contributed by atoms with Crippen LogP contribution in [0.1, 0.15) is 11.3 Å². The summed E-state index contributed by atoms with van der Waals surface area (Å²) in [5, 5.41) is 4.32. The minimum atomic E-state index is 0.560. The molecule has 0 saturated heterocycles. The van der Waals surface area contributed by atoms with Crippen LogP contribution in [0.5, 0.6) is 0 Å². The quantitative estimate of drug-likeness (QED) is 0.543. The van der Waals surface area contributed by atoms with E-state index in [0.717, 1.165) is 33.4 Å². The third-order valence-corrected chi connectivity index (χ3v) is 4.32. The zero-order valence-electron chi connectivity index (χ0n) is 13.6. The van der Waals surface area contributed by atoms with E-state index in [1.807, 2.05) is 47.1 Å². The maximum Gasteiger partial charge on any atom is 0.196 e. The van der Waals surface area contributed by atoms with Crippen molar-refractivity contribution >= 4 is 33.5 Å². The predicted octanol–water partition coefficient (Wildman–Crippen LogP) is 3.94. The number of anilines is 1. The summed E-state index contributed by atoms with van der Waals surface area (Å²) in [6, 6.07) is 11.9. The molecule has 6 nitrogen and oxygen atoms in total. The number of nitrogens with one attached hydrogen (secondary N) is 1. The number of furan rings is 1. The molecule has 1 aromatic carbocycles. The van der Waals surface area contributed by atoms with Crippen LogP contribution in [0.2, 0.25) is 0 Å². The second kappa shape index (κ2) is 5.31. The molecule has 0 radical (unpaired) electrons. The zero-order valence-corrected chi connectivity index (χ0v) is 13.6. The Morgan fingerprint density at radius 2 is 2.04 bits per heavy atom. The lowest BCUT2D eigenvalue weighted by Crippen LogP contribution is -2.02. The van der Waals surface area contributed by atoms with Crippen LogP contribution in [0, 0.1) is 6.92 Å². The Balaban J connectivity index is 1.52. The number of aryl methyl sites for hydroxylation is 1. The van der Waals surface area contributed by atoms with Gasteiger partial charge < -0.3 is 14.1 Å². The van der Waals surface area contributed by atoms with Gasteiger partial charge in [-0.2, -0.15) is 0 Å². The topological polar surface area (TPSA) is 68.2 Å². The number of para-hydroxylation sites is 1. The van der Waals surface area contributed by atoms with Crippen LogP contribution >= 0.6 is 0 Å². The number of rotatable bonds is 3. The van der Waals surface area contributed by atoms with E-state index in [-0.39, 0.29) is 0 Å². The first kappa shape index (κ1) is 14.0. The van der Waals surface area contributed by atoms with Gasteiger partial charge in [0.2, 0.25) is 0 Å². The summed E-state index contributed by atoms with van der Waals surface area (Å²) in [7, 11) is 0. The van der Waals surface area contributed by atoms with Crippen molar-refractivity contribution in [2.45, 2.75) is 13.5 Å². The molecular weight excluding hydrogens is 314 g/mol. The van der Waals surface area contributed by atoms with Crippen molar-refractivity contribution in [3.8, 4) is 0 Å². The van der Waals surface area contributed by atoms with Crippen LogP contribution in [0.3, 0.4) is 0 Å². The maximum atomic E-state index is 5.94. The molecular formula is C19H15N5O. The largest absolute Gasteiger partial charge is 0.450 e. The first-order chi connectivity index (χ1) is 12.3. The SMILES string of the molecule is Cc1cccn2cc(CNc3ncnc4c3oc3ccccc34)nc12. The summed E-state index contributed by atoms with van der Waals surface area (Å²) in [6.07, 6.45) is 5.58. The van der Waals surface area contributed by atoms with Crippen molar-refractivity contribution in [2.24, 2.45) is 0 Å². The molecule has 0 unspecified atom stereocenters. The molecule has 5 rings (SSSR count). The summed E-state index contributed by atoms with van der Waals surface area (Å²) < 4.78 is 7.97. The highest BCUT2D eigenvalue weighted by Crippen LogP contribution is 2.30. The normalized spacial score (nSPS) is 11.6. The first-order valence-corrected chi connectivity index (χ1v) is 8.09. The number of hydrogen-bond acceptors (Lipinski definition) is 5. The van der Waals surface area contributed by atoms with E-state index < -0.39 is 0 Å². The molecule has 0 saturated carbocycles. The fourth-order valence-corrected chi connectivity index (χ4v) is 3.11. The van der Waals surface area contributed by atoms with Gasteiger partial charge in [0.1, 0.15) is 23.1 Å². The lowest BCUT2D eigenvalue weighted by Gasteiger charge is -2.02. The highest BCUT2D eigenvalue weighted by Gasteiger charge is 2.13. The fraction of sp³-hybridized carbons (Fsp3) is 0.105. The number of pyridine rings is 1. The van der Waals surface area contributed by atoms with Crippen LogP contribution in [0.25, 0.3) is 27.7 Å². The Labute approximate surface area is 143 Å². The molecule has 0 bridgehead atoms. The number of fused-ring (bicyclic) bond motifs is 4. The standard InChI is InChI=1S/C19H15N5O/c1-12-5-4-8-24-10-13(23-19(12)24)9-20-18-17-16(21-11-22-18)14-6-2-3-7-15(14)25-17/h2-8,10-11H,9H2,1H3,(H,20,21,22). The van der Waals surface area contributed by atoms with Crippen molar-refractivity contribution < 1.29 is 4.42 Å². The summed E-state index contributed by atoms with van der Waals surface area (Å²) in [6.45, 7) is 2.62. The van der Waals surface area contributed by atoms with Crippen LogP contribution in [-0.4, -0.2) is 19.4 Å². The molecule has 0 aliphatic carbocycles. The van der Waals surface area contributed by atoms with E-state index in [0.29, 0.717) is 17.9 Å². The molecule has 122 valence electrons. The lowest BCUT2D eigenvalue weighted by atomic mass is 10.2. The molecule has 0 spiro atoms. The monoisotopic (exact) mass is 329 g/mol. The highest BCUT2D eigenvalue weighted by molar-refractivity contribution is 6.05. The molecule has 1 N–H and O–H groups in total. The second-order valence-electron chi connectivity index (χ2n) is 6.01. The van der Waals surface area contributed by atoms with E-state index in [2.05, 4.69) is 33.3 Å². The maximum absolute atomic E-state index is 5.94. The second-order valence-corrected chi connectivity index (χ2v) is 6.01. The molecule has 0 aliphatic heterocycles. The number of aromatic nitrogens is 4. The van der Waals surface area contributed by atoms with Gasteiger partial charge in [-0.15, -0.1) is 0 Å². The minimum absolute atomic E-state index is 0.560. The Morgan fingerprint density at radius 3 is 2.96 bits per heavy atom. The van der Waals surface area contributed by atoms with Crippen molar-refractivity contribution in [1.29, 1.82) is 0 Å². The average Bonchev–Trinajstić information content (AvgIpc) is 3.22. The number of imidazole rings is 1. The van der Waals surface area contributed by atoms with Crippen molar-refractivity contribution in [3.05, 3.63) is 66.4 Å². The van der Waals surface area contributed by atoms with Gasteiger partial charge in [-0.3, -0.25) is 0 Å². The van der Waals surface area contributed by atoms with Gasteiger partial charge in [0.15, 0.2) is 11.4 Å². The van der Waals surface area contributed by atoms with Crippen molar-refractivity contribution in [1.82, 2.24) is 19.4 Å². The van der Waals surface area contributed by atoms with Crippen molar-refractivity contribution in [3.63, 3.8) is 0 Å². The molecule has 4 heterocycles. The first-order valence-electron chi connectivity index (χ1n) is 8.09. The van der Waals surface area contributed by atoms with E-state index in [4.69, 9.17) is 4.42 Å². The van der Waals surface area contributed by atoms with Gasteiger partial charge in [0.25, 0.3) is 0 Å². The molecule has 0 aliphatic rings. The Kier molecular flexibility index (Phi) is 2.97. The van der Waals surface area contributed by atoms with E-state index in [1.54, 1.807) is 6.33 Å². The molecule has 0 amide bonds. The predicted molar refractivity (Wildman–Crippen MR) is 96.6 cm³/mol. The van der Waals surface area contributed by atoms with Crippen LogP contribution in [0.15, 0.2) is 59.5 Å². The van der Waals surface area contributed by atoms with Gasteiger partial charge in [0.05, 0.1) is 12.2 Å². The molecule has 4 aromatic heterocycles. The third kappa shape index (κ3) is 2.22. The van der Waals surface area contributed by atoms with Crippen LogP contribution in [-0.2, 0) is 6.54 Å². The highest BCUT2D eigenvalue weighted by atomic mass is 16.3. The molecule has 0 atom stereocenters. The Hall–Kier alpha value is -3.41. The van der Waals surface area contributed by atoms with E-state index in [1.165, 1.54) is 0 Å². The van der Waals surface area contributed by atoms with Crippen molar-refractivity contribution in [2.75, 3.05) is 5.32 Å². The van der Waals surface area contributed by atoms with E-state index in [9.17, 15) is 0 Å². The molecule has 6 heteroatoms. The minimum Gasteiger partial charge on any atom is -0.450 e. The molecule has 0 fully saturated rings. The summed E-state index contributed by atoms with van der Waals surface area (Å²) in [5.41, 5.74) is 5.36. The Bertz CT molecular complexity index is 1220. The molecule has 5 aromatic rings. The third-order valence-electron chi connectivity index (χ3n) is 4.32. The molecule has 25 heavy (non-hydrogen) atoms. The smallest absolute Gasteiger partial charge is 0.196 e. The fourth-order valence-electron chi connectivity index (χ4n) is 3.11. The number of nitrogens with zero attached hydrogens (tertiary/aromatic N) is 4. The number of benzene rings is 1. The van der Waals surface area contributed by atoms with Gasteiger partial charge in [0, 0.05) is 17.8 Å². The van der Waals surface area contributed by atoms with Gasteiger partial charge in [-0.05, 0) is 30.7 Å². The number of hydrogen-bond donors (Lipinski definition) is 1. The van der Waals surface area contributed by atoms with E-state index >= 15 is 0 Å². The van der Waals surface area contributed by atoms with Gasteiger partial charge >= 0.3 is 0 Å². The Morgan fingerprint density at radius 1 is 1.12 bits per heavy atom. The van der Waals surface area contributed by atoms with Crippen LogP contribution < -0.4 is 5.32 Å². The van der Waals surface area contributed by atoms with Gasteiger partial charge in [-0.1, -0.05) is 18.2 Å². The lowest BCUT2D eigenvalue weighted by molar-refractivity contribution is 0.666. The zero-order chi connectivity index (χ0) is 16.8. The van der Waals surface area contributed by atoms with Crippen LogP contribution in [0.4, 0.5) is 5.82 Å².